The summed E-state index contributed by atoms with van der Waals surface area (Å²) in [5.74, 6) is 0. The molecule has 0 N–H and O–H groups in total. The second-order valence-electron chi connectivity index (χ2n) is 8.16. The Hall–Kier alpha value is -2.34. The first-order valence-corrected chi connectivity index (χ1v) is 14.2. The van der Waals surface area contributed by atoms with Crippen molar-refractivity contribution in [2.75, 3.05) is 13.2 Å². The van der Waals surface area contributed by atoms with Crippen molar-refractivity contribution in [2.24, 2.45) is 0 Å². The lowest BCUT2D eigenvalue weighted by atomic mass is 10.2. The van der Waals surface area contributed by atoms with Crippen LogP contribution in [0.3, 0.4) is 0 Å². The Bertz CT molecular complexity index is 941. The van der Waals surface area contributed by atoms with Gasteiger partial charge in [0.1, 0.15) is 0 Å². The summed E-state index contributed by atoms with van der Waals surface area (Å²) in [6.07, 6.45) is 2.57. The van der Waals surface area contributed by atoms with E-state index in [2.05, 4.69) is 126 Å². The van der Waals surface area contributed by atoms with E-state index < -0.39 is 16.1 Å². The SMILES string of the molecule is c1ccc(P(c2ccccc2)N(CC2CCCO2)P(c2ccccc2)c2ccccc2)cc1. The number of rotatable bonds is 8. The third-order valence-electron chi connectivity index (χ3n) is 5.86. The van der Waals surface area contributed by atoms with Gasteiger partial charge in [-0.2, -0.15) is 0 Å². The van der Waals surface area contributed by atoms with Crippen molar-refractivity contribution < 1.29 is 4.74 Å². The van der Waals surface area contributed by atoms with Gasteiger partial charge in [-0.3, -0.25) is 0 Å². The highest BCUT2D eigenvalue weighted by molar-refractivity contribution is 7.84. The van der Waals surface area contributed by atoms with E-state index in [1.807, 2.05) is 0 Å². The highest BCUT2D eigenvalue weighted by Gasteiger charge is 2.34. The second-order valence-corrected chi connectivity index (χ2v) is 12.7. The molecular formula is C29H29NOP2. The van der Waals surface area contributed by atoms with Gasteiger partial charge in [0.25, 0.3) is 0 Å². The molecule has 1 aliphatic heterocycles. The van der Waals surface area contributed by atoms with Crippen LogP contribution < -0.4 is 21.2 Å². The summed E-state index contributed by atoms with van der Waals surface area (Å²) in [6.45, 7) is 1.81. The molecule has 2 nitrogen and oxygen atoms in total. The summed E-state index contributed by atoms with van der Waals surface area (Å²) in [5.41, 5.74) is 0. The van der Waals surface area contributed by atoms with E-state index in [-0.39, 0.29) is 6.10 Å². The van der Waals surface area contributed by atoms with Crippen molar-refractivity contribution in [2.45, 2.75) is 18.9 Å². The van der Waals surface area contributed by atoms with Crippen LogP contribution in [0.5, 0.6) is 0 Å². The maximum Gasteiger partial charge on any atom is 0.0709 e. The normalized spacial score (nSPS) is 16.0. The van der Waals surface area contributed by atoms with Gasteiger partial charge in [-0.15, -0.1) is 0 Å². The average Bonchev–Trinajstić information content (AvgIpc) is 3.40. The van der Waals surface area contributed by atoms with Gasteiger partial charge in [-0.05, 0) is 34.1 Å². The largest absolute Gasteiger partial charge is 0.377 e. The highest BCUT2D eigenvalue weighted by Crippen LogP contribution is 2.54. The fraction of sp³-hybridized carbons (Fsp3) is 0.172. The summed E-state index contributed by atoms with van der Waals surface area (Å²) in [7, 11) is -1.47. The number of benzene rings is 4. The fourth-order valence-corrected chi connectivity index (χ4v) is 10.5. The number of hydrogen-bond donors (Lipinski definition) is 0. The maximum atomic E-state index is 6.21. The molecular weight excluding hydrogens is 440 g/mol. The molecule has 4 aromatic rings. The zero-order valence-electron chi connectivity index (χ0n) is 18.7. The van der Waals surface area contributed by atoms with Gasteiger partial charge in [-0.1, -0.05) is 121 Å². The van der Waals surface area contributed by atoms with Crippen molar-refractivity contribution in [1.29, 1.82) is 0 Å². The van der Waals surface area contributed by atoms with Crippen LogP contribution >= 0.6 is 16.1 Å². The average molecular weight is 470 g/mol. The van der Waals surface area contributed by atoms with E-state index in [0.29, 0.717) is 0 Å². The third-order valence-corrected chi connectivity index (χ3v) is 11.3. The van der Waals surface area contributed by atoms with Crippen molar-refractivity contribution in [1.82, 2.24) is 4.44 Å². The van der Waals surface area contributed by atoms with Crippen LogP contribution in [0.25, 0.3) is 0 Å². The number of hydrogen-bond acceptors (Lipinski definition) is 2. The zero-order chi connectivity index (χ0) is 22.3. The Morgan fingerprint density at radius 3 is 1.24 bits per heavy atom. The van der Waals surface area contributed by atoms with E-state index >= 15 is 0 Å². The Kier molecular flexibility index (Phi) is 7.61. The van der Waals surface area contributed by atoms with E-state index in [9.17, 15) is 0 Å². The van der Waals surface area contributed by atoms with Crippen molar-refractivity contribution in [3.05, 3.63) is 121 Å². The lowest BCUT2D eigenvalue weighted by Crippen LogP contribution is -2.36. The van der Waals surface area contributed by atoms with Gasteiger partial charge < -0.3 is 4.74 Å². The second kappa shape index (κ2) is 11.2. The number of ether oxygens (including phenoxy) is 1. The van der Waals surface area contributed by atoms with Crippen LogP contribution in [-0.2, 0) is 4.74 Å². The van der Waals surface area contributed by atoms with E-state index in [0.717, 1.165) is 26.0 Å². The standard InChI is InChI=1S/C29H29NOP2/c1-5-15-26(16-6-1)32(27-17-7-2-8-18-27)30(24-25-14-13-23-31-25)33(28-19-9-3-10-20-28)29-21-11-4-12-22-29/h1-12,15-22,25H,13-14,23-24H2. The summed E-state index contributed by atoms with van der Waals surface area (Å²) >= 11 is 0. The van der Waals surface area contributed by atoms with E-state index in [1.165, 1.54) is 21.2 Å². The minimum absolute atomic E-state index is 0.278. The molecule has 1 unspecified atom stereocenters. The van der Waals surface area contributed by atoms with Crippen molar-refractivity contribution in [3.63, 3.8) is 0 Å². The first kappa shape index (κ1) is 22.5. The first-order chi connectivity index (χ1) is 16.4. The zero-order valence-corrected chi connectivity index (χ0v) is 20.5. The molecule has 1 atom stereocenters. The molecule has 0 bridgehead atoms. The molecule has 0 spiro atoms. The van der Waals surface area contributed by atoms with Crippen LogP contribution in [0.15, 0.2) is 121 Å². The van der Waals surface area contributed by atoms with Crippen molar-refractivity contribution >= 4 is 37.4 Å². The summed E-state index contributed by atoms with van der Waals surface area (Å²) in [5, 5.41) is 5.54. The van der Waals surface area contributed by atoms with Crippen LogP contribution in [0.2, 0.25) is 0 Å². The Morgan fingerprint density at radius 2 is 0.939 bits per heavy atom. The Labute approximate surface area is 199 Å². The molecule has 166 valence electrons. The summed E-state index contributed by atoms with van der Waals surface area (Å²) in [4.78, 5) is 0. The monoisotopic (exact) mass is 469 g/mol. The lowest BCUT2D eigenvalue weighted by molar-refractivity contribution is 0.106. The topological polar surface area (TPSA) is 12.5 Å². The summed E-state index contributed by atoms with van der Waals surface area (Å²) < 4.78 is 8.99. The Balaban J connectivity index is 1.68. The molecule has 4 heteroatoms. The fourth-order valence-electron chi connectivity index (χ4n) is 4.33. The molecule has 0 radical (unpaired) electrons. The maximum absolute atomic E-state index is 6.21. The predicted molar refractivity (Wildman–Crippen MR) is 144 cm³/mol. The van der Waals surface area contributed by atoms with Gasteiger partial charge in [-0.25, -0.2) is 4.44 Å². The predicted octanol–water partition coefficient (Wildman–Crippen LogP) is 5.56. The Morgan fingerprint density at radius 1 is 0.576 bits per heavy atom. The molecule has 1 saturated heterocycles. The molecule has 5 rings (SSSR count). The van der Waals surface area contributed by atoms with Crippen LogP contribution in [-0.4, -0.2) is 23.7 Å². The van der Waals surface area contributed by atoms with E-state index in [4.69, 9.17) is 4.74 Å². The first-order valence-electron chi connectivity index (χ1n) is 11.6. The molecule has 0 saturated carbocycles. The minimum Gasteiger partial charge on any atom is -0.377 e. The quantitative estimate of drug-likeness (QED) is 0.313. The van der Waals surface area contributed by atoms with Gasteiger partial charge in [0, 0.05) is 29.3 Å². The molecule has 1 fully saturated rings. The molecule has 33 heavy (non-hydrogen) atoms. The molecule has 0 aliphatic carbocycles. The smallest absolute Gasteiger partial charge is 0.0709 e. The van der Waals surface area contributed by atoms with Crippen LogP contribution in [0.1, 0.15) is 12.8 Å². The van der Waals surface area contributed by atoms with Gasteiger partial charge >= 0.3 is 0 Å². The minimum atomic E-state index is -0.735. The van der Waals surface area contributed by atoms with Gasteiger partial charge in [0.05, 0.1) is 6.10 Å². The van der Waals surface area contributed by atoms with Crippen molar-refractivity contribution in [3.8, 4) is 0 Å². The number of nitrogens with zero attached hydrogens (tertiary/aromatic N) is 1. The molecule has 1 heterocycles. The molecule has 0 aromatic heterocycles. The van der Waals surface area contributed by atoms with Gasteiger partial charge in [0.2, 0.25) is 0 Å². The lowest BCUT2D eigenvalue weighted by Gasteiger charge is -2.40. The van der Waals surface area contributed by atoms with Crippen LogP contribution in [0, 0.1) is 0 Å². The summed E-state index contributed by atoms with van der Waals surface area (Å²) in [6, 6.07) is 44.2. The molecule has 4 aromatic carbocycles. The third kappa shape index (κ3) is 5.43. The molecule has 0 amide bonds. The highest BCUT2D eigenvalue weighted by atomic mass is 31.2. The van der Waals surface area contributed by atoms with Crippen LogP contribution in [0.4, 0.5) is 0 Å². The van der Waals surface area contributed by atoms with E-state index in [1.54, 1.807) is 0 Å². The van der Waals surface area contributed by atoms with Gasteiger partial charge in [0.15, 0.2) is 0 Å². The molecule has 1 aliphatic rings.